The average Bonchev–Trinajstić information content (AvgIpc) is 2.21. The van der Waals surface area contributed by atoms with Crippen LogP contribution in [0.2, 0.25) is 0 Å². The Morgan fingerprint density at radius 3 is 2.60 bits per heavy atom. The molecule has 4 nitrogen and oxygen atoms in total. The third-order valence-corrected chi connectivity index (χ3v) is 2.53. The Bertz CT molecular complexity index is 172. The minimum absolute atomic E-state index is 0.0590. The topological polar surface area (TPSA) is 75.3 Å². The Kier molecular flexibility index (Phi) is 8.33. The molecule has 2 atom stereocenters. The first-order valence-corrected chi connectivity index (χ1v) is 5.73. The lowest BCUT2D eigenvalue weighted by molar-refractivity contribution is -0.121. The van der Waals surface area contributed by atoms with Gasteiger partial charge in [-0.1, -0.05) is 13.3 Å². The highest BCUT2D eigenvalue weighted by molar-refractivity contribution is 5.75. The van der Waals surface area contributed by atoms with Gasteiger partial charge in [-0.25, -0.2) is 0 Å². The van der Waals surface area contributed by atoms with Crippen molar-refractivity contribution in [3.8, 4) is 0 Å². The van der Waals surface area contributed by atoms with Crippen LogP contribution in [0.25, 0.3) is 0 Å². The molecule has 0 aliphatic carbocycles. The van der Waals surface area contributed by atoms with Crippen LogP contribution >= 0.6 is 0 Å². The number of hydrogen-bond donors (Lipinski definition) is 3. The van der Waals surface area contributed by atoms with Crippen LogP contribution in [0.3, 0.4) is 0 Å². The van der Waals surface area contributed by atoms with Crippen molar-refractivity contribution in [2.24, 2.45) is 11.7 Å². The van der Waals surface area contributed by atoms with Gasteiger partial charge in [0.05, 0.1) is 0 Å². The largest absolute Gasteiger partial charge is 0.396 e. The molecule has 0 aromatic carbocycles. The number of hydrogen-bond acceptors (Lipinski definition) is 3. The second-order valence-electron chi connectivity index (χ2n) is 4.11. The molecular formula is C11H24N2O2. The maximum Gasteiger partial charge on any atom is 0.220 e. The summed E-state index contributed by atoms with van der Waals surface area (Å²) >= 11 is 0. The summed E-state index contributed by atoms with van der Waals surface area (Å²) in [4.78, 5) is 11.3. The zero-order valence-corrected chi connectivity index (χ0v) is 9.83. The van der Waals surface area contributed by atoms with Gasteiger partial charge in [0.2, 0.25) is 5.91 Å². The Balaban J connectivity index is 3.59. The molecule has 0 aliphatic heterocycles. The van der Waals surface area contributed by atoms with Gasteiger partial charge < -0.3 is 16.2 Å². The van der Waals surface area contributed by atoms with Crippen LogP contribution in [0.1, 0.15) is 39.5 Å². The molecule has 0 heterocycles. The second-order valence-corrected chi connectivity index (χ2v) is 4.11. The van der Waals surface area contributed by atoms with Gasteiger partial charge in [-0.2, -0.15) is 0 Å². The molecule has 0 radical (unpaired) electrons. The fourth-order valence-electron chi connectivity index (χ4n) is 1.34. The SMILES string of the molecule is CCC(CCO)CNC(=O)CCC(C)N. The van der Waals surface area contributed by atoms with Crippen molar-refractivity contribution < 1.29 is 9.90 Å². The van der Waals surface area contributed by atoms with E-state index in [2.05, 4.69) is 12.2 Å². The third-order valence-electron chi connectivity index (χ3n) is 2.53. The van der Waals surface area contributed by atoms with Crippen molar-refractivity contribution >= 4 is 5.91 Å². The van der Waals surface area contributed by atoms with Crippen LogP contribution in [-0.4, -0.2) is 30.2 Å². The van der Waals surface area contributed by atoms with Crippen molar-refractivity contribution in [1.29, 1.82) is 0 Å². The number of nitrogens with two attached hydrogens (primary N) is 1. The summed E-state index contributed by atoms with van der Waals surface area (Å²) in [5.74, 6) is 0.443. The number of aliphatic hydroxyl groups is 1. The van der Waals surface area contributed by atoms with Gasteiger partial charge >= 0.3 is 0 Å². The molecule has 4 N–H and O–H groups in total. The molecule has 0 aromatic rings. The van der Waals surface area contributed by atoms with Crippen molar-refractivity contribution in [1.82, 2.24) is 5.32 Å². The Hall–Kier alpha value is -0.610. The fraction of sp³-hybridized carbons (Fsp3) is 0.909. The quantitative estimate of drug-likeness (QED) is 0.557. The summed E-state index contributed by atoms with van der Waals surface area (Å²) in [5, 5.41) is 11.6. The smallest absolute Gasteiger partial charge is 0.220 e. The number of aliphatic hydroxyl groups excluding tert-OH is 1. The van der Waals surface area contributed by atoms with E-state index in [4.69, 9.17) is 10.8 Å². The molecule has 90 valence electrons. The Labute approximate surface area is 92.2 Å². The zero-order chi connectivity index (χ0) is 11.7. The summed E-state index contributed by atoms with van der Waals surface area (Å²) in [6.45, 7) is 4.81. The van der Waals surface area contributed by atoms with Gasteiger partial charge in [0.15, 0.2) is 0 Å². The van der Waals surface area contributed by atoms with Crippen LogP contribution in [0.4, 0.5) is 0 Å². The molecule has 0 fully saturated rings. The first kappa shape index (κ1) is 14.4. The molecular weight excluding hydrogens is 192 g/mol. The predicted octanol–water partition coefficient (Wildman–Crippen LogP) is 0.639. The molecule has 0 aliphatic rings. The van der Waals surface area contributed by atoms with Gasteiger partial charge in [0, 0.05) is 25.6 Å². The average molecular weight is 216 g/mol. The summed E-state index contributed by atoms with van der Waals surface area (Å²) in [5.41, 5.74) is 5.56. The molecule has 0 aromatic heterocycles. The Morgan fingerprint density at radius 2 is 2.13 bits per heavy atom. The van der Waals surface area contributed by atoms with E-state index in [1.54, 1.807) is 0 Å². The van der Waals surface area contributed by atoms with Gasteiger partial charge in [0.25, 0.3) is 0 Å². The number of nitrogens with one attached hydrogen (secondary N) is 1. The maximum atomic E-state index is 11.3. The highest BCUT2D eigenvalue weighted by Gasteiger charge is 2.08. The van der Waals surface area contributed by atoms with E-state index < -0.39 is 0 Å². The van der Waals surface area contributed by atoms with Crippen molar-refractivity contribution in [3.63, 3.8) is 0 Å². The highest BCUT2D eigenvalue weighted by Crippen LogP contribution is 2.05. The number of amides is 1. The van der Waals surface area contributed by atoms with E-state index in [-0.39, 0.29) is 18.6 Å². The molecule has 2 unspecified atom stereocenters. The van der Waals surface area contributed by atoms with Gasteiger partial charge in [-0.3, -0.25) is 4.79 Å². The highest BCUT2D eigenvalue weighted by atomic mass is 16.3. The van der Waals surface area contributed by atoms with Crippen LogP contribution in [-0.2, 0) is 4.79 Å². The minimum Gasteiger partial charge on any atom is -0.396 e. The van der Waals surface area contributed by atoms with Crippen molar-refractivity contribution in [2.75, 3.05) is 13.2 Å². The summed E-state index contributed by atoms with van der Waals surface area (Å²) in [7, 11) is 0. The number of rotatable bonds is 8. The predicted molar refractivity (Wildman–Crippen MR) is 61.4 cm³/mol. The number of carbonyl (C=O) groups is 1. The lowest BCUT2D eigenvalue weighted by atomic mass is 10.0. The normalized spacial score (nSPS) is 14.7. The van der Waals surface area contributed by atoms with E-state index in [0.29, 0.717) is 18.9 Å². The fourth-order valence-corrected chi connectivity index (χ4v) is 1.34. The van der Waals surface area contributed by atoms with E-state index in [1.165, 1.54) is 0 Å². The van der Waals surface area contributed by atoms with Crippen molar-refractivity contribution in [3.05, 3.63) is 0 Å². The van der Waals surface area contributed by atoms with E-state index in [9.17, 15) is 4.79 Å². The first-order chi connectivity index (χ1) is 7.10. The number of carbonyl (C=O) groups excluding carboxylic acids is 1. The standard InChI is InChI=1S/C11H24N2O2/c1-3-10(6-7-14)8-13-11(15)5-4-9(2)12/h9-10,14H,3-8,12H2,1-2H3,(H,13,15). The Morgan fingerprint density at radius 1 is 1.47 bits per heavy atom. The van der Waals surface area contributed by atoms with Gasteiger partial charge in [0.1, 0.15) is 0 Å². The summed E-state index contributed by atoms with van der Waals surface area (Å²) in [6, 6.07) is 0.0789. The molecule has 0 rings (SSSR count). The monoisotopic (exact) mass is 216 g/mol. The minimum atomic E-state index is 0.0590. The lowest BCUT2D eigenvalue weighted by Gasteiger charge is -2.14. The third kappa shape index (κ3) is 8.39. The van der Waals surface area contributed by atoms with Crippen LogP contribution in [0, 0.1) is 5.92 Å². The second kappa shape index (κ2) is 8.68. The van der Waals surface area contributed by atoms with Crippen LogP contribution in [0.5, 0.6) is 0 Å². The molecule has 0 bridgehead atoms. The first-order valence-electron chi connectivity index (χ1n) is 5.73. The van der Waals surface area contributed by atoms with E-state index >= 15 is 0 Å². The van der Waals surface area contributed by atoms with Gasteiger partial charge in [-0.05, 0) is 25.7 Å². The van der Waals surface area contributed by atoms with Gasteiger partial charge in [-0.15, -0.1) is 0 Å². The van der Waals surface area contributed by atoms with Crippen molar-refractivity contribution in [2.45, 2.75) is 45.6 Å². The van der Waals surface area contributed by atoms with E-state index in [0.717, 1.165) is 19.3 Å². The lowest BCUT2D eigenvalue weighted by Crippen LogP contribution is -2.30. The molecule has 4 heteroatoms. The van der Waals surface area contributed by atoms with Crippen LogP contribution in [0.15, 0.2) is 0 Å². The molecule has 0 saturated heterocycles. The molecule has 0 saturated carbocycles. The molecule has 0 spiro atoms. The molecule has 1 amide bonds. The summed E-state index contributed by atoms with van der Waals surface area (Å²) in [6.07, 6.45) is 2.95. The maximum absolute atomic E-state index is 11.3. The van der Waals surface area contributed by atoms with Crippen LogP contribution < -0.4 is 11.1 Å². The summed E-state index contributed by atoms with van der Waals surface area (Å²) < 4.78 is 0. The zero-order valence-electron chi connectivity index (χ0n) is 9.83. The molecule has 15 heavy (non-hydrogen) atoms. The van der Waals surface area contributed by atoms with E-state index in [1.807, 2.05) is 6.92 Å².